The minimum absolute atomic E-state index is 0.000645. The van der Waals surface area contributed by atoms with Crippen molar-refractivity contribution in [1.29, 1.82) is 0 Å². The van der Waals surface area contributed by atoms with Crippen LogP contribution in [0, 0.1) is 5.92 Å². The molecule has 0 saturated carbocycles. The first kappa shape index (κ1) is 48.4. The van der Waals surface area contributed by atoms with Crippen molar-refractivity contribution in [3.8, 4) is 5.75 Å². The number of carbonyl (C=O) groups excluding carboxylic acids is 6. The molecule has 5 amide bonds. The number of amides is 5. The van der Waals surface area contributed by atoms with Crippen LogP contribution in [0.5, 0.6) is 5.75 Å². The summed E-state index contributed by atoms with van der Waals surface area (Å²) >= 11 is 0. The fourth-order valence-corrected chi connectivity index (χ4v) is 6.09. The molecule has 0 radical (unpaired) electrons. The van der Waals surface area contributed by atoms with E-state index in [9.17, 15) is 28.8 Å². The molecular formula is C45H62N6O9. The molecule has 0 fully saturated rings. The van der Waals surface area contributed by atoms with Gasteiger partial charge in [0, 0.05) is 20.0 Å². The number of hydrogen-bond acceptors (Lipinski definition) is 10. The van der Waals surface area contributed by atoms with Gasteiger partial charge >= 0.3 is 12.1 Å². The number of likely N-dealkylation sites (N-methyl/N-ethyl adjacent to an activating group) is 1. The largest absolute Gasteiger partial charge is 0.489 e. The Morgan fingerprint density at radius 1 is 0.750 bits per heavy atom. The van der Waals surface area contributed by atoms with Crippen LogP contribution in [-0.2, 0) is 53.1 Å². The maximum Gasteiger partial charge on any atom is 0.407 e. The molecule has 3 aromatic rings. The summed E-state index contributed by atoms with van der Waals surface area (Å²) in [6.45, 7) is 9.62. The minimum Gasteiger partial charge on any atom is -0.489 e. The Morgan fingerprint density at radius 3 is 1.90 bits per heavy atom. The van der Waals surface area contributed by atoms with Gasteiger partial charge in [-0.3, -0.25) is 24.0 Å². The second kappa shape index (κ2) is 24.2. The van der Waals surface area contributed by atoms with E-state index in [0.717, 1.165) is 11.1 Å². The van der Waals surface area contributed by atoms with Crippen LogP contribution in [0.1, 0.15) is 83.4 Å². The van der Waals surface area contributed by atoms with E-state index in [1.807, 2.05) is 74.5 Å². The lowest BCUT2D eigenvalue weighted by Gasteiger charge is -2.33. The van der Waals surface area contributed by atoms with Crippen molar-refractivity contribution >= 4 is 35.7 Å². The van der Waals surface area contributed by atoms with Gasteiger partial charge in [-0.15, -0.1) is 0 Å². The topological polar surface area (TPSA) is 221 Å². The molecule has 3 rings (SSSR count). The third-order valence-corrected chi connectivity index (χ3v) is 9.25. The highest BCUT2D eigenvalue weighted by Gasteiger charge is 2.35. The van der Waals surface area contributed by atoms with Crippen LogP contribution in [0.4, 0.5) is 4.79 Å². The quantitative estimate of drug-likeness (QED) is 0.0674. The van der Waals surface area contributed by atoms with Crippen molar-refractivity contribution in [3.05, 3.63) is 102 Å². The fraction of sp³-hybridized carbons (Fsp3) is 0.467. The van der Waals surface area contributed by atoms with Crippen LogP contribution in [0.2, 0.25) is 0 Å². The molecule has 0 aromatic heterocycles. The highest BCUT2D eigenvalue weighted by atomic mass is 16.6. The number of nitrogens with two attached hydrogens (primary N) is 2. The van der Waals surface area contributed by atoms with Gasteiger partial charge in [-0.2, -0.15) is 0 Å². The zero-order chi connectivity index (χ0) is 44.2. The second-order valence-electron chi connectivity index (χ2n) is 16.1. The number of carbonyl (C=O) groups is 6. The average molecular weight is 831 g/mol. The summed E-state index contributed by atoms with van der Waals surface area (Å²) in [6.07, 6.45) is 0.503. The number of alkyl carbamates (subject to hydrolysis) is 1. The number of unbranched alkanes of at least 4 members (excludes halogenated alkanes) is 1. The van der Waals surface area contributed by atoms with Crippen LogP contribution < -0.4 is 32.2 Å². The fourth-order valence-electron chi connectivity index (χ4n) is 6.09. The number of esters is 1. The summed E-state index contributed by atoms with van der Waals surface area (Å²) in [5.41, 5.74) is 13.6. The Hall–Kier alpha value is -5.96. The molecular weight excluding hydrogens is 769 g/mol. The van der Waals surface area contributed by atoms with E-state index in [2.05, 4.69) is 16.0 Å². The van der Waals surface area contributed by atoms with Crippen molar-refractivity contribution in [3.63, 3.8) is 0 Å². The maximum atomic E-state index is 14.3. The van der Waals surface area contributed by atoms with Gasteiger partial charge < -0.3 is 46.5 Å². The van der Waals surface area contributed by atoms with Crippen LogP contribution in [0.3, 0.4) is 0 Å². The molecule has 0 aliphatic heterocycles. The summed E-state index contributed by atoms with van der Waals surface area (Å²) in [5, 5.41) is 8.03. The molecule has 15 nitrogen and oxygen atoms in total. The summed E-state index contributed by atoms with van der Waals surface area (Å²) in [7, 11) is 1.44. The molecule has 0 bridgehead atoms. The Bertz CT molecular complexity index is 1840. The standard InChI is InChI=1S/C45H62N6O9/c1-30(2)25-37(50-41(54)35(46)19-13-14-24-48-44(57)59-29-33-17-11-8-12-18-33)43(56)51(6)38(42(55)49-36(40(47)53)27-39(52)60-45(3,4)5)26-31-20-22-34(23-21-31)58-28-32-15-9-7-10-16-32/h7-12,15-18,20-23,30,35-38H,13-14,19,24-29,46H2,1-6H3,(H2,47,53)(H,48,57)(H,49,55)(H,50,54)/t35-,36-,37-,38-/m0/s1. The summed E-state index contributed by atoms with van der Waals surface area (Å²) in [5.74, 6) is -3.00. The number of rotatable bonds is 23. The van der Waals surface area contributed by atoms with E-state index < -0.39 is 71.9 Å². The van der Waals surface area contributed by atoms with E-state index in [4.69, 9.17) is 25.7 Å². The lowest BCUT2D eigenvalue weighted by atomic mass is 9.98. The van der Waals surface area contributed by atoms with E-state index in [0.29, 0.717) is 37.3 Å². The third kappa shape index (κ3) is 17.9. The molecule has 0 heterocycles. The van der Waals surface area contributed by atoms with E-state index in [1.165, 1.54) is 11.9 Å². The SMILES string of the molecule is CC(C)C[C@H](NC(=O)[C@@H](N)CCCCNC(=O)OCc1ccccc1)C(=O)N(C)[C@@H](Cc1ccc(OCc2ccccc2)cc1)C(=O)N[C@@H](CC(=O)OC(C)(C)C)C(N)=O. The number of primary amides is 1. The van der Waals surface area contributed by atoms with Crippen LogP contribution in [0.25, 0.3) is 0 Å². The van der Waals surface area contributed by atoms with Gasteiger partial charge in [-0.05, 0) is 81.2 Å². The van der Waals surface area contributed by atoms with Gasteiger partial charge in [0.1, 0.15) is 42.7 Å². The van der Waals surface area contributed by atoms with E-state index in [-0.39, 0.29) is 31.8 Å². The summed E-state index contributed by atoms with van der Waals surface area (Å²) in [4.78, 5) is 80.1. The summed E-state index contributed by atoms with van der Waals surface area (Å²) < 4.78 is 16.5. The first-order chi connectivity index (χ1) is 28.4. The number of ether oxygens (including phenoxy) is 3. The van der Waals surface area contributed by atoms with Gasteiger partial charge in [-0.1, -0.05) is 86.6 Å². The zero-order valence-corrected chi connectivity index (χ0v) is 35.6. The number of benzene rings is 3. The number of nitrogens with one attached hydrogen (secondary N) is 3. The van der Waals surface area contributed by atoms with Gasteiger partial charge in [-0.25, -0.2) is 4.79 Å². The molecule has 60 heavy (non-hydrogen) atoms. The van der Waals surface area contributed by atoms with Crippen molar-refractivity contribution in [2.75, 3.05) is 13.6 Å². The van der Waals surface area contributed by atoms with E-state index in [1.54, 1.807) is 45.0 Å². The van der Waals surface area contributed by atoms with Gasteiger partial charge in [0.2, 0.25) is 23.6 Å². The number of nitrogens with zero attached hydrogens (tertiary/aromatic N) is 1. The maximum absolute atomic E-state index is 14.3. The van der Waals surface area contributed by atoms with Crippen molar-refractivity contribution in [1.82, 2.24) is 20.9 Å². The zero-order valence-electron chi connectivity index (χ0n) is 35.6. The van der Waals surface area contributed by atoms with Crippen molar-refractivity contribution in [2.45, 2.75) is 116 Å². The molecule has 4 atom stereocenters. The van der Waals surface area contributed by atoms with E-state index >= 15 is 0 Å². The van der Waals surface area contributed by atoms with Crippen LogP contribution >= 0.6 is 0 Å². The lowest BCUT2D eigenvalue weighted by molar-refractivity contribution is -0.156. The van der Waals surface area contributed by atoms with Gasteiger partial charge in [0.15, 0.2) is 0 Å². The first-order valence-electron chi connectivity index (χ1n) is 20.3. The Labute approximate surface area is 353 Å². The lowest BCUT2D eigenvalue weighted by Crippen LogP contribution is -2.58. The van der Waals surface area contributed by atoms with Gasteiger partial charge in [0.05, 0.1) is 12.5 Å². The molecule has 7 N–H and O–H groups in total. The molecule has 0 unspecified atom stereocenters. The van der Waals surface area contributed by atoms with Gasteiger partial charge in [0.25, 0.3) is 0 Å². The van der Waals surface area contributed by atoms with Crippen molar-refractivity contribution < 1.29 is 43.0 Å². The molecule has 326 valence electrons. The molecule has 3 aromatic carbocycles. The summed E-state index contributed by atoms with van der Waals surface area (Å²) in [6, 6.07) is 21.4. The predicted molar refractivity (Wildman–Crippen MR) is 227 cm³/mol. The smallest absolute Gasteiger partial charge is 0.407 e. The average Bonchev–Trinajstić information content (AvgIpc) is 3.20. The van der Waals surface area contributed by atoms with Crippen molar-refractivity contribution in [2.24, 2.45) is 17.4 Å². The second-order valence-corrected chi connectivity index (χ2v) is 16.1. The molecule has 0 aliphatic carbocycles. The molecule has 0 spiro atoms. The monoisotopic (exact) mass is 830 g/mol. The van der Waals surface area contributed by atoms with Crippen LogP contribution in [-0.4, -0.2) is 84.0 Å². The highest BCUT2D eigenvalue weighted by Crippen LogP contribution is 2.19. The Kier molecular flexibility index (Phi) is 19.5. The Balaban J connectivity index is 1.70. The predicted octanol–water partition coefficient (Wildman–Crippen LogP) is 4.29. The normalized spacial score (nSPS) is 13.2. The molecule has 15 heteroatoms. The number of hydrogen-bond donors (Lipinski definition) is 5. The van der Waals surface area contributed by atoms with Crippen LogP contribution in [0.15, 0.2) is 84.9 Å². The third-order valence-electron chi connectivity index (χ3n) is 9.25. The first-order valence-corrected chi connectivity index (χ1v) is 20.3. The highest BCUT2D eigenvalue weighted by molar-refractivity contribution is 5.95. The minimum atomic E-state index is -1.42. The molecule has 0 aliphatic rings. The Morgan fingerprint density at radius 2 is 1.33 bits per heavy atom. The molecule has 0 saturated heterocycles.